The summed E-state index contributed by atoms with van der Waals surface area (Å²) in [6.45, 7) is 1.20. The molecule has 0 saturated carbocycles. The summed E-state index contributed by atoms with van der Waals surface area (Å²) in [5.41, 5.74) is -0.687. The van der Waals surface area contributed by atoms with Crippen molar-refractivity contribution in [2.24, 2.45) is 0 Å². The van der Waals surface area contributed by atoms with Crippen LogP contribution in [0.25, 0.3) is 5.69 Å². The maximum atomic E-state index is 13.1. The second kappa shape index (κ2) is 9.06. The number of thiazole rings is 1. The minimum absolute atomic E-state index is 0.0696. The first-order chi connectivity index (χ1) is 14.0. The zero-order chi connectivity index (χ0) is 20.8. The maximum absolute atomic E-state index is 13.1. The highest BCUT2D eigenvalue weighted by Gasteiger charge is 2.20. The summed E-state index contributed by atoms with van der Waals surface area (Å²) in [4.78, 5) is 40.6. The number of carbonyl (C=O) groups excluding carboxylic acids is 2. The van der Waals surface area contributed by atoms with Gasteiger partial charge in [0.15, 0.2) is 17.5 Å². The Morgan fingerprint density at radius 1 is 1.28 bits per heavy atom. The summed E-state index contributed by atoms with van der Waals surface area (Å²) in [5, 5.41) is 8.57. The van der Waals surface area contributed by atoms with Crippen LogP contribution in [0.5, 0.6) is 5.75 Å². The highest BCUT2D eigenvalue weighted by molar-refractivity contribution is 7.13. The highest BCUT2D eigenvalue weighted by atomic mass is 32.1. The molecule has 0 atom stereocenters. The molecule has 2 heterocycles. The van der Waals surface area contributed by atoms with E-state index in [0.29, 0.717) is 5.13 Å². The van der Waals surface area contributed by atoms with E-state index < -0.39 is 29.9 Å². The first kappa shape index (κ1) is 20.1. The molecule has 0 aliphatic rings. The third-order valence-corrected chi connectivity index (χ3v) is 4.16. The topological polar surface area (TPSA) is 112 Å². The summed E-state index contributed by atoms with van der Waals surface area (Å²) in [6, 6.07) is 5.99. The zero-order valence-corrected chi connectivity index (χ0v) is 15.9. The molecule has 1 N–H and O–H groups in total. The molecular formula is C18H15FN4O5S. The number of rotatable bonds is 7. The molecule has 150 valence electrons. The van der Waals surface area contributed by atoms with E-state index in [9.17, 15) is 18.8 Å². The molecule has 0 radical (unpaired) electrons. The number of nitrogens with zero attached hydrogens (tertiary/aromatic N) is 3. The second-order valence-corrected chi connectivity index (χ2v) is 6.37. The number of esters is 1. The quantitative estimate of drug-likeness (QED) is 0.584. The number of anilines is 1. The van der Waals surface area contributed by atoms with Crippen LogP contribution in [0.1, 0.15) is 17.4 Å². The van der Waals surface area contributed by atoms with Gasteiger partial charge in [-0.05, 0) is 31.2 Å². The van der Waals surface area contributed by atoms with Crippen molar-refractivity contribution in [2.75, 3.05) is 18.5 Å². The van der Waals surface area contributed by atoms with Crippen molar-refractivity contribution in [1.82, 2.24) is 14.8 Å². The van der Waals surface area contributed by atoms with E-state index in [1.165, 1.54) is 29.7 Å². The Balaban J connectivity index is 1.87. The van der Waals surface area contributed by atoms with Gasteiger partial charge in [0.2, 0.25) is 5.69 Å². The molecule has 11 heteroatoms. The Morgan fingerprint density at radius 3 is 2.69 bits per heavy atom. The predicted molar refractivity (Wildman–Crippen MR) is 102 cm³/mol. The number of carbonyl (C=O) groups is 2. The molecule has 3 aromatic rings. The Hall–Kier alpha value is -3.60. The van der Waals surface area contributed by atoms with Crippen LogP contribution in [0.4, 0.5) is 9.52 Å². The van der Waals surface area contributed by atoms with E-state index in [2.05, 4.69) is 15.4 Å². The number of benzene rings is 1. The number of hydrogen-bond donors (Lipinski definition) is 1. The van der Waals surface area contributed by atoms with Gasteiger partial charge >= 0.3 is 5.97 Å². The SMILES string of the molecule is CCOC(=O)c1nn(-c2ccc(F)cc2)c(=O)cc1OCC(=O)Nc1nccs1. The minimum atomic E-state index is -0.835. The molecule has 0 aliphatic heterocycles. The van der Waals surface area contributed by atoms with Crippen molar-refractivity contribution < 1.29 is 23.5 Å². The Morgan fingerprint density at radius 2 is 2.03 bits per heavy atom. The number of hydrogen-bond acceptors (Lipinski definition) is 8. The summed E-state index contributed by atoms with van der Waals surface area (Å²) in [6.07, 6.45) is 1.53. The first-order valence-electron chi connectivity index (χ1n) is 8.37. The Labute approximate surface area is 167 Å². The van der Waals surface area contributed by atoms with Crippen LogP contribution in [-0.2, 0) is 9.53 Å². The lowest BCUT2D eigenvalue weighted by atomic mass is 10.3. The van der Waals surface area contributed by atoms with Crippen LogP contribution in [0.15, 0.2) is 46.7 Å². The van der Waals surface area contributed by atoms with Crippen molar-refractivity contribution in [3.63, 3.8) is 0 Å². The molecule has 1 aromatic carbocycles. The lowest BCUT2D eigenvalue weighted by Crippen LogP contribution is -2.27. The van der Waals surface area contributed by atoms with E-state index in [0.717, 1.165) is 22.9 Å². The minimum Gasteiger partial charge on any atom is -0.481 e. The lowest BCUT2D eigenvalue weighted by Gasteiger charge is -2.12. The number of aromatic nitrogens is 3. The van der Waals surface area contributed by atoms with Gasteiger partial charge < -0.3 is 9.47 Å². The molecule has 2 aromatic heterocycles. The van der Waals surface area contributed by atoms with Gasteiger partial charge in [0.25, 0.3) is 11.5 Å². The van der Waals surface area contributed by atoms with Gasteiger partial charge in [0, 0.05) is 11.6 Å². The maximum Gasteiger partial charge on any atom is 0.362 e. The number of ether oxygens (including phenoxy) is 2. The van der Waals surface area contributed by atoms with Crippen molar-refractivity contribution >= 4 is 28.3 Å². The molecular weight excluding hydrogens is 403 g/mol. The third-order valence-electron chi connectivity index (χ3n) is 3.47. The normalized spacial score (nSPS) is 10.4. The summed E-state index contributed by atoms with van der Waals surface area (Å²) < 4.78 is 24.3. The van der Waals surface area contributed by atoms with Crippen LogP contribution in [0.2, 0.25) is 0 Å². The van der Waals surface area contributed by atoms with Crippen molar-refractivity contribution in [3.05, 3.63) is 63.8 Å². The van der Waals surface area contributed by atoms with Crippen molar-refractivity contribution in [2.45, 2.75) is 6.92 Å². The number of nitrogens with one attached hydrogen (secondary N) is 1. The predicted octanol–water partition coefficient (Wildman–Crippen LogP) is 2.02. The largest absolute Gasteiger partial charge is 0.481 e. The lowest BCUT2D eigenvalue weighted by molar-refractivity contribution is -0.118. The fourth-order valence-electron chi connectivity index (χ4n) is 2.24. The molecule has 29 heavy (non-hydrogen) atoms. The van der Waals surface area contributed by atoms with E-state index in [4.69, 9.17) is 9.47 Å². The molecule has 0 fully saturated rings. The average Bonchev–Trinajstić information content (AvgIpc) is 3.20. The smallest absolute Gasteiger partial charge is 0.362 e. The summed E-state index contributed by atoms with van der Waals surface area (Å²) in [7, 11) is 0. The van der Waals surface area contributed by atoms with Crippen molar-refractivity contribution in [1.29, 1.82) is 0 Å². The second-order valence-electron chi connectivity index (χ2n) is 5.48. The molecule has 0 aliphatic carbocycles. The van der Waals surface area contributed by atoms with Gasteiger partial charge in [-0.1, -0.05) is 0 Å². The Bertz CT molecular complexity index is 1070. The highest BCUT2D eigenvalue weighted by Crippen LogP contribution is 2.17. The van der Waals surface area contributed by atoms with Gasteiger partial charge in [-0.2, -0.15) is 9.78 Å². The standard InChI is InChI=1S/C18H15FN4O5S/c1-2-27-17(26)16-13(28-10-14(24)21-18-20-7-8-29-18)9-15(25)23(22-16)12-5-3-11(19)4-6-12/h3-9H,2,10H2,1H3,(H,20,21,24). The van der Waals surface area contributed by atoms with E-state index in [1.54, 1.807) is 12.3 Å². The first-order valence-corrected chi connectivity index (χ1v) is 9.25. The van der Waals surface area contributed by atoms with Gasteiger partial charge in [0.1, 0.15) is 5.82 Å². The molecule has 1 amide bonds. The molecule has 0 bridgehead atoms. The van der Waals surface area contributed by atoms with Gasteiger partial charge in [-0.15, -0.1) is 11.3 Å². The number of halogens is 1. The molecule has 9 nitrogen and oxygen atoms in total. The van der Waals surface area contributed by atoms with Gasteiger partial charge in [-0.25, -0.2) is 14.2 Å². The van der Waals surface area contributed by atoms with E-state index in [1.807, 2.05) is 0 Å². The van der Waals surface area contributed by atoms with E-state index in [-0.39, 0.29) is 23.7 Å². The molecule has 0 saturated heterocycles. The fourth-order valence-corrected chi connectivity index (χ4v) is 2.79. The van der Waals surface area contributed by atoms with Crippen molar-refractivity contribution in [3.8, 4) is 11.4 Å². The number of amides is 1. The van der Waals surface area contributed by atoms with Gasteiger partial charge in [0.05, 0.1) is 18.4 Å². The third kappa shape index (κ3) is 5.02. The van der Waals surface area contributed by atoms with Gasteiger partial charge in [-0.3, -0.25) is 14.9 Å². The van der Waals surface area contributed by atoms with Crippen LogP contribution in [-0.4, -0.2) is 39.9 Å². The molecule has 0 unspecified atom stereocenters. The molecule has 0 spiro atoms. The summed E-state index contributed by atoms with van der Waals surface area (Å²) in [5.74, 6) is -2.06. The summed E-state index contributed by atoms with van der Waals surface area (Å²) >= 11 is 1.23. The Kier molecular flexibility index (Phi) is 6.29. The zero-order valence-electron chi connectivity index (χ0n) is 15.1. The fraction of sp³-hybridized carbons (Fsp3) is 0.167. The monoisotopic (exact) mass is 418 g/mol. The van der Waals surface area contributed by atoms with E-state index >= 15 is 0 Å². The van der Waals surface area contributed by atoms with Crippen LogP contribution >= 0.6 is 11.3 Å². The van der Waals surface area contributed by atoms with Crippen LogP contribution in [0.3, 0.4) is 0 Å². The molecule has 3 rings (SSSR count). The van der Waals surface area contributed by atoms with Crippen LogP contribution in [0, 0.1) is 5.82 Å². The average molecular weight is 418 g/mol. The van der Waals surface area contributed by atoms with Crippen LogP contribution < -0.4 is 15.6 Å².